The van der Waals surface area contributed by atoms with Gasteiger partial charge in [0.2, 0.25) is 5.91 Å². The number of nitrogens with one attached hydrogen (secondary N) is 1. The molecule has 0 bridgehead atoms. The third-order valence-corrected chi connectivity index (χ3v) is 6.07. The Hall–Kier alpha value is -2.38. The summed E-state index contributed by atoms with van der Waals surface area (Å²) in [6, 6.07) is 9.42. The lowest BCUT2D eigenvalue weighted by Gasteiger charge is -2.30. The number of carbonyl (C=O) groups is 2. The summed E-state index contributed by atoms with van der Waals surface area (Å²) in [5.41, 5.74) is 0.677. The fraction of sp³-hybridized carbons (Fsp3) is 0.429. The zero-order valence-corrected chi connectivity index (χ0v) is 16.5. The van der Waals surface area contributed by atoms with E-state index < -0.39 is 0 Å². The van der Waals surface area contributed by atoms with Crippen LogP contribution in [0.4, 0.5) is 0 Å². The van der Waals surface area contributed by atoms with Crippen molar-refractivity contribution in [3.63, 3.8) is 0 Å². The number of fused-ring (bicyclic) bond motifs is 1. The number of hydrogen-bond donors (Lipinski definition) is 1. The fourth-order valence-corrected chi connectivity index (χ4v) is 4.29. The Balaban J connectivity index is 1.25. The minimum atomic E-state index is -0.00649. The van der Waals surface area contributed by atoms with Crippen molar-refractivity contribution >= 4 is 23.0 Å². The van der Waals surface area contributed by atoms with Gasteiger partial charge < -0.3 is 14.8 Å². The Morgan fingerprint density at radius 2 is 1.89 bits per heavy atom. The molecule has 1 saturated heterocycles. The van der Waals surface area contributed by atoms with Crippen molar-refractivity contribution in [1.82, 2.24) is 10.2 Å². The molecule has 1 aromatic carbocycles. The SMILES string of the molecule is O=C(CN1CCC(C(=O)c2ccc3c(c2)OCCO3)CC1)NCc1cccs1. The van der Waals surface area contributed by atoms with Gasteiger partial charge >= 0.3 is 0 Å². The highest BCUT2D eigenvalue weighted by atomic mass is 32.1. The third-order valence-electron chi connectivity index (χ3n) is 5.19. The predicted octanol–water partition coefficient (Wildman–Crippen LogP) is 2.73. The number of ketones is 1. The van der Waals surface area contributed by atoms with Crippen LogP contribution in [0.15, 0.2) is 35.7 Å². The molecule has 1 aromatic heterocycles. The third kappa shape index (κ3) is 4.54. The average molecular weight is 401 g/mol. The smallest absolute Gasteiger partial charge is 0.234 e. The second-order valence-electron chi connectivity index (χ2n) is 7.13. The van der Waals surface area contributed by atoms with Crippen molar-refractivity contribution in [2.75, 3.05) is 32.8 Å². The van der Waals surface area contributed by atoms with Gasteiger partial charge in [0.25, 0.3) is 0 Å². The van der Waals surface area contributed by atoms with Gasteiger partial charge in [-0.25, -0.2) is 0 Å². The van der Waals surface area contributed by atoms with E-state index in [2.05, 4.69) is 10.2 Å². The molecule has 6 nitrogen and oxygen atoms in total. The largest absolute Gasteiger partial charge is 0.486 e. The summed E-state index contributed by atoms with van der Waals surface area (Å²) in [6.45, 7) is 3.53. The summed E-state index contributed by atoms with van der Waals surface area (Å²) in [5.74, 6) is 1.53. The second-order valence-corrected chi connectivity index (χ2v) is 8.16. The van der Waals surface area contributed by atoms with Gasteiger partial charge in [0, 0.05) is 16.4 Å². The molecular weight excluding hydrogens is 376 g/mol. The minimum absolute atomic E-state index is 0.00649. The summed E-state index contributed by atoms with van der Waals surface area (Å²) in [4.78, 5) is 28.3. The van der Waals surface area contributed by atoms with Crippen LogP contribution in [-0.2, 0) is 11.3 Å². The van der Waals surface area contributed by atoms with Crippen LogP contribution in [0.2, 0.25) is 0 Å². The van der Waals surface area contributed by atoms with E-state index in [0.29, 0.717) is 43.4 Å². The Kier molecular flexibility index (Phi) is 5.92. The van der Waals surface area contributed by atoms with E-state index in [1.165, 1.54) is 0 Å². The van der Waals surface area contributed by atoms with E-state index >= 15 is 0 Å². The quantitative estimate of drug-likeness (QED) is 0.755. The van der Waals surface area contributed by atoms with Crippen LogP contribution < -0.4 is 14.8 Å². The van der Waals surface area contributed by atoms with Crippen LogP contribution in [0.3, 0.4) is 0 Å². The van der Waals surface area contributed by atoms with E-state index in [-0.39, 0.29) is 17.6 Å². The number of thiophene rings is 1. The molecular formula is C21H24N2O4S. The fourth-order valence-electron chi connectivity index (χ4n) is 3.64. The predicted molar refractivity (Wildman–Crippen MR) is 107 cm³/mol. The topological polar surface area (TPSA) is 67.9 Å². The van der Waals surface area contributed by atoms with Crippen LogP contribution in [-0.4, -0.2) is 49.4 Å². The van der Waals surface area contributed by atoms with Gasteiger partial charge in [0.05, 0.1) is 13.1 Å². The van der Waals surface area contributed by atoms with Crippen LogP contribution in [0.5, 0.6) is 11.5 Å². The summed E-state index contributed by atoms with van der Waals surface area (Å²) >= 11 is 1.64. The molecule has 2 aromatic rings. The molecule has 148 valence electrons. The molecule has 2 aliphatic heterocycles. The number of nitrogens with zero attached hydrogens (tertiary/aromatic N) is 1. The van der Waals surface area contributed by atoms with Crippen LogP contribution in [0.25, 0.3) is 0 Å². The normalized spacial score (nSPS) is 17.3. The molecule has 1 fully saturated rings. The van der Waals surface area contributed by atoms with Crippen molar-refractivity contribution in [2.24, 2.45) is 5.92 Å². The van der Waals surface area contributed by atoms with Gasteiger partial charge in [-0.05, 0) is 55.6 Å². The van der Waals surface area contributed by atoms with E-state index in [9.17, 15) is 9.59 Å². The van der Waals surface area contributed by atoms with Crippen LogP contribution >= 0.6 is 11.3 Å². The number of Topliss-reactive ketones (excluding diaryl/α,β-unsaturated/α-hetero) is 1. The molecule has 0 unspecified atom stereocenters. The lowest BCUT2D eigenvalue weighted by molar-refractivity contribution is -0.122. The zero-order chi connectivity index (χ0) is 19.3. The summed E-state index contributed by atoms with van der Waals surface area (Å²) in [7, 11) is 0. The zero-order valence-electron chi connectivity index (χ0n) is 15.7. The highest BCUT2D eigenvalue weighted by Crippen LogP contribution is 2.32. The summed E-state index contributed by atoms with van der Waals surface area (Å²) < 4.78 is 11.1. The Bertz CT molecular complexity index is 829. The maximum absolute atomic E-state index is 12.9. The second kappa shape index (κ2) is 8.75. The summed E-state index contributed by atoms with van der Waals surface area (Å²) in [6.07, 6.45) is 1.54. The van der Waals surface area contributed by atoms with Gasteiger partial charge in [-0.1, -0.05) is 6.07 Å². The number of likely N-dealkylation sites (tertiary alicyclic amines) is 1. The lowest BCUT2D eigenvalue weighted by Crippen LogP contribution is -2.42. The molecule has 0 aliphatic carbocycles. The summed E-state index contributed by atoms with van der Waals surface area (Å²) in [5, 5.41) is 4.96. The maximum atomic E-state index is 12.9. The Morgan fingerprint density at radius 1 is 1.11 bits per heavy atom. The van der Waals surface area contributed by atoms with Crippen LogP contribution in [0.1, 0.15) is 28.1 Å². The molecule has 7 heteroatoms. The van der Waals surface area contributed by atoms with E-state index in [1.807, 2.05) is 29.6 Å². The molecule has 1 amide bonds. The Morgan fingerprint density at radius 3 is 2.64 bits per heavy atom. The van der Waals surface area contributed by atoms with Gasteiger partial charge in [0.1, 0.15) is 13.2 Å². The van der Waals surface area contributed by atoms with E-state index in [0.717, 1.165) is 30.8 Å². The Labute approximate surface area is 168 Å². The molecule has 0 saturated carbocycles. The number of amides is 1. The number of ether oxygens (including phenoxy) is 2. The first-order valence-electron chi connectivity index (χ1n) is 9.64. The number of hydrogen-bond acceptors (Lipinski definition) is 6. The molecule has 2 aliphatic rings. The highest BCUT2D eigenvalue weighted by molar-refractivity contribution is 7.09. The molecule has 4 rings (SSSR count). The van der Waals surface area contributed by atoms with Crippen molar-refractivity contribution in [1.29, 1.82) is 0 Å². The monoisotopic (exact) mass is 400 g/mol. The van der Waals surface area contributed by atoms with Gasteiger partial charge in [-0.15, -0.1) is 11.3 Å². The highest BCUT2D eigenvalue weighted by Gasteiger charge is 2.27. The minimum Gasteiger partial charge on any atom is -0.486 e. The first-order valence-corrected chi connectivity index (χ1v) is 10.5. The number of benzene rings is 1. The van der Waals surface area contributed by atoms with Gasteiger partial charge in [-0.3, -0.25) is 14.5 Å². The standard InChI is InChI=1S/C21H24N2O4S/c24-20(22-13-17-2-1-11-28-17)14-23-7-5-15(6-8-23)21(25)16-3-4-18-19(12-16)27-10-9-26-18/h1-4,11-12,15H,5-10,13-14H2,(H,22,24). The molecule has 0 spiro atoms. The van der Waals surface area contributed by atoms with Gasteiger partial charge in [0.15, 0.2) is 17.3 Å². The average Bonchev–Trinajstić information content (AvgIpc) is 3.26. The number of rotatable bonds is 6. The van der Waals surface area contributed by atoms with E-state index in [4.69, 9.17) is 9.47 Å². The molecule has 1 N–H and O–H groups in total. The molecule has 3 heterocycles. The molecule has 0 radical (unpaired) electrons. The molecule has 28 heavy (non-hydrogen) atoms. The van der Waals surface area contributed by atoms with Crippen molar-refractivity contribution < 1.29 is 19.1 Å². The van der Waals surface area contributed by atoms with Crippen molar-refractivity contribution in [3.05, 3.63) is 46.2 Å². The number of piperidine rings is 1. The van der Waals surface area contributed by atoms with Crippen molar-refractivity contribution in [2.45, 2.75) is 19.4 Å². The molecule has 0 atom stereocenters. The van der Waals surface area contributed by atoms with E-state index in [1.54, 1.807) is 17.4 Å². The van der Waals surface area contributed by atoms with Crippen LogP contribution in [0, 0.1) is 5.92 Å². The maximum Gasteiger partial charge on any atom is 0.234 e. The first-order chi connectivity index (χ1) is 13.7. The van der Waals surface area contributed by atoms with Crippen molar-refractivity contribution in [3.8, 4) is 11.5 Å². The lowest BCUT2D eigenvalue weighted by atomic mass is 9.88. The first kappa shape index (κ1) is 19.0. The number of carbonyl (C=O) groups excluding carboxylic acids is 2. The van der Waals surface area contributed by atoms with Gasteiger partial charge in [-0.2, -0.15) is 0 Å².